The van der Waals surface area contributed by atoms with Crippen LogP contribution in [0.5, 0.6) is 5.75 Å². The Morgan fingerprint density at radius 1 is 1.30 bits per heavy atom. The number of benzene rings is 2. The number of halogens is 1. The van der Waals surface area contributed by atoms with E-state index in [9.17, 15) is 9.18 Å². The zero-order valence-corrected chi connectivity index (χ0v) is 13.0. The van der Waals surface area contributed by atoms with E-state index in [1.807, 2.05) is 29.6 Å². The number of thiophene rings is 1. The number of rotatable bonds is 5. The Balaban J connectivity index is 1.73. The average molecular weight is 327 g/mol. The van der Waals surface area contributed by atoms with Crippen molar-refractivity contribution in [3.05, 3.63) is 71.9 Å². The van der Waals surface area contributed by atoms with E-state index < -0.39 is 5.82 Å². The molecule has 1 amide bonds. The molecule has 23 heavy (non-hydrogen) atoms. The van der Waals surface area contributed by atoms with Gasteiger partial charge in [-0.25, -0.2) is 4.39 Å². The highest BCUT2D eigenvalue weighted by atomic mass is 32.1. The van der Waals surface area contributed by atoms with Crippen molar-refractivity contribution in [3.63, 3.8) is 0 Å². The smallest absolute Gasteiger partial charge is 0.247 e. The number of carbonyl (C=O) groups excluding carboxylic acids is 1. The molecule has 2 aromatic carbocycles. The van der Waals surface area contributed by atoms with Crippen molar-refractivity contribution in [2.75, 3.05) is 5.32 Å². The maximum atomic E-state index is 14.0. The predicted octanol–water partition coefficient (Wildman–Crippen LogP) is 4.74. The summed E-state index contributed by atoms with van der Waals surface area (Å²) in [7, 11) is 0. The number of anilines is 1. The summed E-state index contributed by atoms with van der Waals surface area (Å²) in [5.74, 6) is -0.758. The average Bonchev–Trinajstić information content (AvgIpc) is 2.97. The molecule has 0 unspecified atom stereocenters. The highest BCUT2D eigenvalue weighted by Crippen LogP contribution is 2.28. The second-order valence-corrected chi connectivity index (χ2v) is 5.80. The van der Waals surface area contributed by atoms with Gasteiger partial charge in [0.25, 0.3) is 0 Å². The van der Waals surface area contributed by atoms with Crippen LogP contribution in [0.4, 0.5) is 10.1 Å². The predicted molar refractivity (Wildman–Crippen MR) is 91.4 cm³/mol. The number of nitrogens with one attached hydrogen (secondary N) is 1. The van der Waals surface area contributed by atoms with E-state index >= 15 is 0 Å². The van der Waals surface area contributed by atoms with Crippen molar-refractivity contribution >= 4 is 33.0 Å². The van der Waals surface area contributed by atoms with Crippen molar-refractivity contribution in [1.29, 1.82) is 0 Å². The third-order valence-electron chi connectivity index (χ3n) is 3.33. The van der Waals surface area contributed by atoms with Crippen molar-refractivity contribution in [1.82, 2.24) is 0 Å². The molecule has 0 aliphatic rings. The summed E-state index contributed by atoms with van der Waals surface area (Å²) in [5, 5.41) is 5.64. The van der Waals surface area contributed by atoms with Gasteiger partial charge in [0.15, 0.2) is 11.6 Å². The molecule has 5 heteroatoms. The summed E-state index contributed by atoms with van der Waals surface area (Å²) in [4.78, 5) is 11.2. The Labute approximate surface area is 137 Å². The van der Waals surface area contributed by atoms with Crippen molar-refractivity contribution in [2.24, 2.45) is 0 Å². The van der Waals surface area contributed by atoms with Gasteiger partial charge in [0.05, 0.1) is 0 Å². The van der Waals surface area contributed by atoms with Gasteiger partial charge in [-0.3, -0.25) is 4.79 Å². The quantitative estimate of drug-likeness (QED) is 0.687. The van der Waals surface area contributed by atoms with Crippen molar-refractivity contribution in [3.8, 4) is 5.75 Å². The first-order valence-electron chi connectivity index (χ1n) is 6.98. The molecule has 116 valence electrons. The zero-order chi connectivity index (χ0) is 16.2. The minimum Gasteiger partial charge on any atom is -0.486 e. The molecule has 0 spiro atoms. The SMILES string of the molecule is C=CC(=O)Nc1ccc(OCc2csc3ccccc23)c(F)c1. The van der Waals surface area contributed by atoms with E-state index in [0.717, 1.165) is 17.0 Å². The highest BCUT2D eigenvalue weighted by molar-refractivity contribution is 7.17. The van der Waals surface area contributed by atoms with Crippen LogP contribution in [0.3, 0.4) is 0 Å². The standard InChI is InChI=1S/C18H14FNO2S/c1-2-18(21)20-13-7-8-16(15(19)9-13)22-10-12-11-23-17-6-4-3-5-14(12)17/h2-9,11H,1,10H2,(H,20,21). The van der Waals surface area contributed by atoms with Crippen LogP contribution in [0.15, 0.2) is 60.5 Å². The van der Waals surface area contributed by atoms with Crippen LogP contribution in [0.25, 0.3) is 10.1 Å². The molecule has 0 atom stereocenters. The zero-order valence-electron chi connectivity index (χ0n) is 12.2. The molecule has 1 heterocycles. The highest BCUT2D eigenvalue weighted by Gasteiger charge is 2.08. The Hall–Kier alpha value is -2.66. The minimum absolute atomic E-state index is 0.150. The Morgan fingerprint density at radius 3 is 2.91 bits per heavy atom. The lowest BCUT2D eigenvalue weighted by Gasteiger charge is -2.09. The van der Waals surface area contributed by atoms with Gasteiger partial charge in [-0.15, -0.1) is 11.3 Å². The number of fused-ring (bicyclic) bond motifs is 1. The maximum absolute atomic E-state index is 14.0. The number of ether oxygens (including phenoxy) is 1. The fraction of sp³-hybridized carbons (Fsp3) is 0.0556. The summed E-state index contributed by atoms with van der Waals surface area (Å²) >= 11 is 1.63. The summed E-state index contributed by atoms with van der Waals surface area (Å²) in [6.45, 7) is 3.64. The molecule has 1 N–H and O–H groups in total. The number of hydrogen-bond donors (Lipinski definition) is 1. The number of carbonyl (C=O) groups is 1. The van der Waals surface area contributed by atoms with Gasteiger partial charge in [0.2, 0.25) is 5.91 Å². The maximum Gasteiger partial charge on any atom is 0.247 e. The van der Waals surface area contributed by atoms with Gasteiger partial charge in [-0.2, -0.15) is 0 Å². The van der Waals surface area contributed by atoms with Gasteiger partial charge in [-0.05, 0) is 35.0 Å². The molecule has 3 rings (SSSR count). The van der Waals surface area contributed by atoms with Crippen LogP contribution in [-0.4, -0.2) is 5.91 Å². The Bertz CT molecular complexity index is 872. The van der Waals surface area contributed by atoms with Crippen molar-refractivity contribution in [2.45, 2.75) is 6.61 Å². The molecule has 0 aliphatic carbocycles. The van der Waals surface area contributed by atoms with Gasteiger partial charge in [0.1, 0.15) is 6.61 Å². The number of amides is 1. The third kappa shape index (κ3) is 3.40. The molecular formula is C18H14FNO2S. The molecule has 3 aromatic rings. The van der Waals surface area contributed by atoms with E-state index in [1.54, 1.807) is 17.4 Å². The first-order chi connectivity index (χ1) is 11.2. The largest absolute Gasteiger partial charge is 0.486 e. The molecule has 3 nitrogen and oxygen atoms in total. The van der Waals surface area contributed by atoms with Crippen LogP contribution in [0, 0.1) is 5.82 Å². The lowest BCUT2D eigenvalue weighted by Crippen LogP contribution is -2.07. The monoisotopic (exact) mass is 327 g/mol. The van der Waals surface area contributed by atoms with E-state index in [2.05, 4.69) is 11.9 Å². The molecule has 0 bridgehead atoms. The first kappa shape index (κ1) is 15.2. The molecular weight excluding hydrogens is 313 g/mol. The second-order valence-electron chi connectivity index (χ2n) is 4.88. The molecule has 1 aromatic heterocycles. The van der Waals surface area contributed by atoms with Crippen LogP contribution in [0.1, 0.15) is 5.56 Å². The summed E-state index contributed by atoms with van der Waals surface area (Å²) in [5.41, 5.74) is 1.38. The first-order valence-corrected chi connectivity index (χ1v) is 7.86. The lowest BCUT2D eigenvalue weighted by molar-refractivity contribution is -0.111. The van der Waals surface area contributed by atoms with Gasteiger partial charge >= 0.3 is 0 Å². The second kappa shape index (κ2) is 6.62. The lowest BCUT2D eigenvalue weighted by atomic mass is 10.2. The van der Waals surface area contributed by atoms with E-state index in [0.29, 0.717) is 12.3 Å². The van der Waals surface area contributed by atoms with Crippen LogP contribution < -0.4 is 10.1 Å². The van der Waals surface area contributed by atoms with Crippen LogP contribution in [0.2, 0.25) is 0 Å². The third-order valence-corrected chi connectivity index (χ3v) is 4.34. The summed E-state index contributed by atoms with van der Waals surface area (Å²) in [6.07, 6.45) is 1.13. The molecule has 0 aliphatic heterocycles. The van der Waals surface area contributed by atoms with Gasteiger partial charge in [0, 0.05) is 22.0 Å². The summed E-state index contributed by atoms with van der Waals surface area (Å²) < 4.78 is 20.8. The van der Waals surface area contributed by atoms with Crippen LogP contribution in [-0.2, 0) is 11.4 Å². The minimum atomic E-state index is -0.522. The van der Waals surface area contributed by atoms with Crippen LogP contribution >= 0.6 is 11.3 Å². The molecule has 0 saturated carbocycles. The summed E-state index contributed by atoms with van der Waals surface area (Å²) in [6, 6.07) is 12.3. The van der Waals surface area contributed by atoms with Gasteiger partial charge < -0.3 is 10.1 Å². The topological polar surface area (TPSA) is 38.3 Å². The Kier molecular flexibility index (Phi) is 4.39. The fourth-order valence-corrected chi connectivity index (χ4v) is 3.14. The van der Waals surface area contributed by atoms with E-state index in [4.69, 9.17) is 4.74 Å². The normalized spacial score (nSPS) is 10.5. The van der Waals surface area contributed by atoms with Crippen molar-refractivity contribution < 1.29 is 13.9 Å². The molecule has 0 radical (unpaired) electrons. The van der Waals surface area contributed by atoms with Gasteiger partial charge in [-0.1, -0.05) is 24.8 Å². The molecule has 0 fully saturated rings. The fourth-order valence-electron chi connectivity index (χ4n) is 2.19. The number of hydrogen-bond acceptors (Lipinski definition) is 3. The van der Waals surface area contributed by atoms with E-state index in [1.165, 1.54) is 16.8 Å². The van der Waals surface area contributed by atoms with E-state index in [-0.39, 0.29) is 11.7 Å². The molecule has 0 saturated heterocycles. The Morgan fingerprint density at radius 2 is 2.13 bits per heavy atom.